The van der Waals surface area contributed by atoms with E-state index in [4.69, 9.17) is 5.11 Å². The number of hydrogen-bond acceptors (Lipinski definition) is 5. The van der Waals surface area contributed by atoms with E-state index in [0.717, 1.165) is 0 Å². The highest BCUT2D eigenvalue weighted by atomic mass is 33.1. The van der Waals surface area contributed by atoms with Crippen LogP contribution in [0, 0.1) is 12.7 Å². The third-order valence-corrected chi connectivity index (χ3v) is 5.60. The van der Waals surface area contributed by atoms with E-state index in [1.807, 2.05) is 0 Å². The standard InChI is InChI=1S/C16H18FN3O3S2/c1-11-14(10-20(19-11)13-4-2-12(17)3-5-13)16(23)18-7-9-25-24-8-6-15(21)22/h2-5,10H,6-9H2,1H3,(H,18,23)(H,21,22). The third kappa shape index (κ3) is 6.09. The van der Waals surface area contributed by atoms with Crippen molar-refractivity contribution < 1.29 is 19.1 Å². The first-order valence-corrected chi connectivity index (χ1v) is 10.0. The number of benzene rings is 1. The van der Waals surface area contributed by atoms with E-state index >= 15 is 0 Å². The number of carbonyl (C=O) groups is 2. The number of aromatic nitrogens is 2. The number of nitrogens with zero attached hydrogens (tertiary/aromatic N) is 2. The smallest absolute Gasteiger partial charge is 0.304 e. The molecular weight excluding hydrogens is 365 g/mol. The molecule has 2 N–H and O–H groups in total. The van der Waals surface area contributed by atoms with E-state index in [9.17, 15) is 14.0 Å². The molecule has 25 heavy (non-hydrogen) atoms. The minimum atomic E-state index is -0.810. The Balaban J connectivity index is 1.82. The fraction of sp³-hybridized carbons (Fsp3) is 0.312. The van der Waals surface area contributed by atoms with Crippen LogP contribution < -0.4 is 5.32 Å². The summed E-state index contributed by atoms with van der Waals surface area (Å²) in [6, 6.07) is 5.86. The van der Waals surface area contributed by atoms with Gasteiger partial charge in [0.2, 0.25) is 0 Å². The van der Waals surface area contributed by atoms with E-state index < -0.39 is 5.97 Å². The number of rotatable bonds is 9. The molecular formula is C16H18FN3O3S2. The molecule has 0 radical (unpaired) electrons. The van der Waals surface area contributed by atoms with Crippen LogP contribution in [0.4, 0.5) is 4.39 Å². The van der Waals surface area contributed by atoms with E-state index in [2.05, 4.69) is 10.4 Å². The number of carboxylic acids is 1. The number of halogens is 1. The van der Waals surface area contributed by atoms with Gasteiger partial charge in [-0.3, -0.25) is 9.59 Å². The van der Waals surface area contributed by atoms with Gasteiger partial charge < -0.3 is 10.4 Å². The largest absolute Gasteiger partial charge is 0.481 e. The molecule has 1 aromatic carbocycles. The molecule has 1 aromatic heterocycles. The number of amides is 1. The monoisotopic (exact) mass is 383 g/mol. The molecule has 1 amide bonds. The molecule has 0 spiro atoms. The van der Waals surface area contributed by atoms with E-state index in [1.54, 1.807) is 29.9 Å². The van der Waals surface area contributed by atoms with Gasteiger partial charge in [-0.15, -0.1) is 0 Å². The number of carboxylic acid groups (broad SMARTS) is 1. The molecule has 0 fully saturated rings. The van der Waals surface area contributed by atoms with Crippen LogP contribution in [0.5, 0.6) is 0 Å². The summed E-state index contributed by atoms with van der Waals surface area (Å²) < 4.78 is 14.5. The van der Waals surface area contributed by atoms with Crippen LogP contribution in [-0.4, -0.2) is 44.8 Å². The summed E-state index contributed by atoms with van der Waals surface area (Å²) in [5.74, 6) is -0.139. The number of hydrogen-bond donors (Lipinski definition) is 2. The zero-order valence-electron chi connectivity index (χ0n) is 13.6. The van der Waals surface area contributed by atoms with Gasteiger partial charge in [0.05, 0.1) is 23.4 Å². The Morgan fingerprint density at radius 2 is 1.92 bits per heavy atom. The Bertz CT molecular complexity index is 735. The molecule has 0 saturated carbocycles. The van der Waals surface area contributed by atoms with Crippen LogP contribution in [0.15, 0.2) is 30.5 Å². The van der Waals surface area contributed by atoms with Gasteiger partial charge in [-0.05, 0) is 31.2 Å². The summed E-state index contributed by atoms with van der Waals surface area (Å²) in [5, 5.41) is 15.6. The van der Waals surface area contributed by atoms with Gasteiger partial charge in [-0.1, -0.05) is 21.6 Å². The highest BCUT2D eigenvalue weighted by Gasteiger charge is 2.13. The van der Waals surface area contributed by atoms with Crippen LogP contribution in [0.2, 0.25) is 0 Å². The molecule has 0 saturated heterocycles. The summed E-state index contributed by atoms with van der Waals surface area (Å²) in [6.07, 6.45) is 1.75. The Morgan fingerprint density at radius 3 is 2.60 bits per heavy atom. The highest BCUT2D eigenvalue weighted by Crippen LogP contribution is 2.21. The van der Waals surface area contributed by atoms with Gasteiger partial charge in [0, 0.05) is 24.2 Å². The second-order valence-electron chi connectivity index (χ2n) is 5.09. The zero-order valence-corrected chi connectivity index (χ0v) is 15.2. The topological polar surface area (TPSA) is 84.2 Å². The average molecular weight is 383 g/mol. The van der Waals surface area contributed by atoms with Crippen molar-refractivity contribution in [2.24, 2.45) is 0 Å². The summed E-state index contributed by atoms with van der Waals surface area (Å²) in [7, 11) is 2.99. The molecule has 9 heteroatoms. The minimum Gasteiger partial charge on any atom is -0.481 e. The van der Waals surface area contributed by atoms with Crippen LogP contribution in [0.1, 0.15) is 22.5 Å². The van der Waals surface area contributed by atoms with Crippen molar-refractivity contribution in [3.63, 3.8) is 0 Å². The van der Waals surface area contributed by atoms with Crippen molar-refractivity contribution in [2.45, 2.75) is 13.3 Å². The van der Waals surface area contributed by atoms with E-state index in [-0.39, 0.29) is 18.1 Å². The highest BCUT2D eigenvalue weighted by molar-refractivity contribution is 8.76. The van der Waals surface area contributed by atoms with Crippen molar-refractivity contribution in [3.8, 4) is 5.69 Å². The Morgan fingerprint density at radius 1 is 1.24 bits per heavy atom. The maximum absolute atomic E-state index is 13.0. The minimum absolute atomic E-state index is 0.131. The van der Waals surface area contributed by atoms with Crippen LogP contribution in [0.25, 0.3) is 5.69 Å². The second-order valence-corrected chi connectivity index (χ2v) is 7.79. The average Bonchev–Trinajstić information content (AvgIpc) is 2.96. The van der Waals surface area contributed by atoms with Crippen LogP contribution in [-0.2, 0) is 4.79 Å². The van der Waals surface area contributed by atoms with Gasteiger partial charge in [0.1, 0.15) is 5.82 Å². The lowest BCUT2D eigenvalue weighted by atomic mass is 10.2. The van der Waals surface area contributed by atoms with Gasteiger partial charge >= 0.3 is 5.97 Å². The van der Waals surface area contributed by atoms with Crippen molar-refractivity contribution in [1.29, 1.82) is 0 Å². The normalized spacial score (nSPS) is 10.6. The Kier molecular flexibility index (Phi) is 7.32. The molecule has 134 valence electrons. The number of nitrogens with one attached hydrogen (secondary N) is 1. The lowest BCUT2D eigenvalue weighted by Gasteiger charge is -2.03. The fourth-order valence-electron chi connectivity index (χ4n) is 1.96. The van der Waals surface area contributed by atoms with Crippen molar-refractivity contribution in [3.05, 3.63) is 47.5 Å². The molecule has 1 heterocycles. The molecule has 2 aromatic rings. The molecule has 0 aliphatic rings. The molecule has 0 aliphatic carbocycles. The Labute approximate surface area is 152 Å². The first kappa shape index (κ1) is 19.3. The van der Waals surface area contributed by atoms with Crippen LogP contribution >= 0.6 is 21.6 Å². The maximum atomic E-state index is 13.0. The summed E-state index contributed by atoms with van der Waals surface area (Å²) >= 11 is 0. The van der Waals surface area contributed by atoms with Gasteiger partial charge in [0.15, 0.2) is 0 Å². The lowest BCUT2D eigenvalue weighted by Crippen LogP contribution is -2.25. The molecule has 2 rings (SSSR count). The van der Waals surface area contributed by atoms with Crippen molar-refractivity contribution in [2.75, 3.05) is 18.1 Å². The predicted octanol–water partition coefficient (Wildman–Crippen LogP) is 2.91. The lowest BCUT2D eigenvalue weighted by molar-refractivity contribution is -0.136. The molecule has 0 bridgehead atoms. The van der Waals surface area contributed by atoms with Gasteiger partial charge in [0.25, 0.3) is 5.91 Å². The summed E-state index contributed by atoms with van der Waals surface area (Å²) in [4.78, 5) is 22.6. The van der Waals surface area contributed by atoms with E-state index in [0.29, 0.717) is 35.0 Å². The SMILES string of the molecule is Cc1nn(-c2ccc(F)cc2)cc1C(=O)NCCSSCCC(=O)O. The maximum Gasteiger partial charge on any atom is 0.304 e. The summed E-state index contributed by atoms with van der Waals surface area (Å²) in [5.41, 5.74) is 1.73. The first-order chi connectivity index (χ1) is 12.0. The predicted molar refractivity (Wildman–Crippen MR) is 97.8 cm³/mol. The fourth-order valence-corrected chi connectivity index (χ4v) is 3.84. The van der Waals surface area contributed by atoms with Crippen LogP contribution in [0.3, 0.4) is 0 Å². The molecule has 0 unspecified atom stereocenters. The second kappa shape index (κ2) is 9.47. The summed E-state index contributed by atoms with van der Waals surface area (Å²) in [6.45, 7) is 2.22. The molecule has 0 atom stereocenters. The first-order valence-electron chi connectivity index (χ1n) is 7.54. The number of carbonyl (C=O) groups excluding carboxylic acids is 1. The zero-order chi connectivity index (χ0) is 18.2. The van der Waals surface area contributed by atoms with Gasteiger partial charge in [-0.25, -0.2) is 9.07 Å². The molecule has 6 nitrogen and oxygen atoms in total. The third-order valence-electron chi connectivity index (χ3n) is 3.19. The van der Waals surface area contributed by atoms with E-state index in [1.165, 1.54) is 33.7 Å². The quantitative estimate of drug-likeness (QED) is 0.512. The Hall–Kier alpha value is -2.00. The van der Waals surface area contributed by atoms with Crippen molar-refractivity contribution in [1.82, 2.24) is 15.1 Å². The number of aliphatic carboxylic acids is 1. The van der Waals surface area contributed by atoms with Crippen molar-refractivity contribution >= 4 is 33.5 Å². The molecule has 0 aliphatic heterocycles. The van der Waals surface area contributed by atoms with Gasteiger partial charge in [-0.2, -0.15) is 5.10 Å². The number of aryl methyl sites for hydroxylation is 1.